The highest BCUT2D eigenvalue weighted by molar-refractivity contribution is 9.10. The van der Waals surface area contributed by atoms with E-state index >= 15 is 0 Å². The second-order valence-corrected chi connectivity index (χ2v) is 6.80. The van der Waals surface area contributed by atoms with Crippen molar-refractivity contribution >= 4 is 27.3 Å². The molecule has 1 N–H and O–H groups in total. The van der Waals surface area contributed by atoms with Crippen molar-refractivity contribution < 1.29 is 9.84 Å². The van der Waals surface area contributed by atoms with Gasteiger partial charge in [0.2, 0.25) is 0 Å². The van der Waals surface area contributed by atoms with Crippen LogP contribution in [0.15, 0.2) is 34.8 Å². The quantitative estimate of drug-likeness (QED) is 0.874. The summed E-state index contributed by atoms with van der Waals surface area (Å²) in [5.74, 6) is 0.743. The molecule has 1 aromatic carbocycles. The molecule has 2 nitrogen and oxygen atoms in total. The number of ether oxygens (including phenoxy) is 1. The standard InChI is InChI=1S/C15H17BrO2S/c1-9(2)18-13-7-5-4-6-11(13)15(17)14-8-12(16)10(3)19-14/h4-9,15,17H,1-3H3. The molecule has 1 atom stereocenters. The minimum Gasteiger partial charge on any atom is -0.491 e. The Bertz CT molecular complexity index is 544. The molecule has 0 amide bonds. The zero-order chi connectivity index (χ0) is 14.0. The average molecular weight is 341 g/mol. The van der Waals surface area contributed by atoms with Gasteiger partial charge in [-0.15, -0.1) is 11.3 Å². The minimum atomic E-state index is -0.648. The number of aliphatic hydroxyl groups is 1. The Morgan fingerprint density at radius 1 is 1.26 bits per heavy atom. The molecule has 0 saturated heterocycles. The third-order valence-corrected chi connectivity index (χ3v) is 4.91. The zero-order valence-corrected chi connectivity index (χ0v) is 13.6. The third-order valence-electron chi connectivity index (χ3n) is 2.72. The van der Waals surface area contributed by atoms with Crippen LogP contribution in [0.25, 0.3) is 0 Å². The van der Waals surface area contributed by atoms with Crippen LogP contribution in [0.3, 0.4) is 0 Å². The topological polar surface area (TPSA) is 29.5 Å². The van der Waals surface area contributed by atoms with Gasteiger partial charge in [0.05, 0.1) is 6.10 Å². The smallest absolute Gasteiger partial charge is 0.125 e. The Labute approximate surface area is 126 Å². The van der Waals surface area contributed by atoms with Crippen LogP contribution in [-0.4, -0.2) is 11.2 Å². The van der Waals surface area contributed by atoms with Crippen LogP contribution in [0.5, 0.6) is 5.75 Å². The summed E-state index contributed by atoms with van der Waals surface area (Å²) in [7, 11) is 0. The van der Waals surface area contributed by atoms with E-state index in [1.54, 1.807) is 11.3 Å². The summed E-state index contributed by atoms with van der Waals surface area (Å²) in [6.45, 7) is 5.99. The molecule has 0 saturated carbocycles. The van der Waals surface area contributed by atoms with Crippen LogP contribution in [0.4, 0.5) is 0 Å². The van der Waals surface area contributed by atoms with Gasteiger partial charge in [0, 0.05) is 19.8 Å². The Morgan fingerprint density at radius 2 is 1.95 bits per heavy atom. The van der Waals surface area contributed by atoms with Crippen LogP contribution < -0.4 is 4.74 Å². The van der Waals surface area contributed by atoms with Gasteiger partial charge in [-0.05, 0) is 48.8 Å². The molecule has 2 aromatic rings. The van der Waals surface area contributed by atoms with Gasteiger partial charge >= 0.3 is 0 Å². The fourth-order valence-corrected chi connectivity index (χ4v) is 3.40. The number of rotatable bonds is 4. The van der Waals surface area contributed by atoms with E-state index in [1.807, 2.05) is 51.1 Å². The zero-order valence-electron chi connectivity index (χ0n) is 11.2. The van der Waals surface area contributed by atoms with Crippen LogP contribution in [0, 0.1) is 6.92 Å². The van der Waals surface area contributed by atoms with Crippen molar-refractivity contribution in [2.45, 2.75) is 33.0 Å². The van der Waals surface area contributed by atoms with Gasteiger partial charge in [-0.25, -0.2) is 0 Å². The Kier molecular flexibility index (Phi) is 4.66. The molecular formula is C15H17BrO2S. The Morgan fingerprint density at radius 3 is 2.53 bits per heavy atom. The molecule has 0 aliphatic rings. The van der Waals surface area contributed by atoms with Crippen LogP contribution >= 0.6 is 27.3 Å². The van der Waals surface area contributed by atoms with Gasteiger partial charge in [0.25, 0.3) is 0 Å². The van der Waals surface area contributed by atoms with E-state index in [9.17, 15) is 5.11 Å². The molecular weight excluding hydrogens is 324 g/mol. The third kappa shape index (κ3) is 3.38. The largest absolute Gasteiger partial charge is 0.491 e. The highest BCUT2D eigenvalue weighted by Crippen LogP contribution is 2.36. The maximum absolute atomic E-state index is 10.5. The summed E-state index contributed by atoms with van der Waals surface area (Å²) in [5.41, 5.74) is 0.810. The number of benzene rings is 1. The van der Waals surface area contributed by atoms with Gasteiger partial charge in [-0.1, -0.05) is 18.2 Å². The summed E-state index contributed by atoms with van der Waals surface area (Å²) >= 11 is 5.08. The second kappa shape index (κ2) is 6.07. The van der Waals surface area contributed by atoms with Crippen molar-refractivity contribution in [3.63, 3.8) is 0 Å². The van der Waals surface area contributed by atoms with E-state index in [-0.39, 0.29) is 6.10 Å². The first-order chi connectivity index (χ1) is 8.99. The lowest BCUT2D eigenvalue weighted by molar-refractivity contribution is 0.200. The van der Waals surface area contributed by atoms with Gasteiger partial charge < -0.3 is 9.84 Å². The van der Waals surface area contributed by atoms with E-state index in [0.717, 1.165) is 25.5 Å². The lowest BCUT2D eigenvalue weighted by atomic mass is 10.1. The summed E-state index contributed by atoms with van der Waals surface area (Å²) in [5, 5.41) is 10.5. The lowest BCUT2D eigenvalue weighted by Crippen LogP contribution is -2.09. The molecule has 102 valence electrons. The van der Waals surface area contributed by atoms with Gasteiger partial charge in [0.15, 0.2) is 0 Å². The summed E-state index contributed by atoms with van der Waals surface area (Å²) in [6.07, 6.45) is -0.560. The highest BCUT2D eigenvalue weighted by atomic mass is 79.9. The molecule has 0 spiro atoms. The van der Waals surface area contributed by atoms with Gasteiger partial charge in [-0.2, -0.15) is 0 Å². The van der Waals surface area contributed by atoms with E-state index < -0.39 is 6.10 Å². The minimum absolute atomic E-state index is 0.0881. The molecule has 0 aliphatic carbocycles. The molecule has 19 heavy (non-hydrogen) atoms. The number of aryl methyl sites for hydroxylation is 1. The van der Waals surface area contributed by atoms with E-state index in [2.05, 4.69) is 15.9 Å². The number of hydrogen-bond donors (Lipinski definition) is 1. The normalized spacial score (nSPS) is 12.7. The Hall–Kier alpha value is -0.840. The molecule has 1 heterocycles. The Balaban J connectivity index is 2.35. The lowest BCUT2D eigenvalue weighted by Gasteiger charge is -2.17. The first-order valence-corrected chi connectivity index (χ1v) is 7.79. The van der Waals surface area contributed by atoms with Crippen LogP contribution in [-0.2, 0) is 0 Å². The van der Waals surface area contributed by atoms with Crippen molar-refractivity contribution in [3.8, 4) is 5.75 Å². The summed E-state index contributed by atoms with van der Waals surface area (Å²) in [4.78, 5) is 2.08. The fraction of sp³-hybridized carbons (Fsp3) is 0.333. The average Bonchev–Trinajstić information content (AvgIpc) is 2.69. The first kappa shape index (κ1) is 14.6. The van der Waals surface area contributed by atoms with Crippen molar-refractivity contribution in [1.29, 1.82) is 0 Å². The van der Waals surface area contributed by atoms with Gasteiger partial charge in [-0.3, -0.25) is 0 Å². The number of thiophene rings is 1. The predicted molar refractivity (Wildman–Crippen MR) is 83.0 cm³/mol. The maximum Gasteiger partial charge on any atom is 0.125 e. The molecule has 2 rings (SSSR count). The number of hydrogen-bond acceptors (Lipinski definition) is 3. The highest BCUT2D eigenvalue weighted by Gasteiger charge is 2.18. The van der Waals surface area contributed by atoms with Gasteiger partial charge in [0.1, 0.15) is 11.9 Å². The summed E-state index contributed by atoms with van der Waals surface area (Å²) in [6, 6.07) is 9.61. The number of para-hydroxylation sites is 1. The molecule has 1 unspecified atom stereocenters. The maximum atomic E-state index is 10.5. The summed E-state index contributed by atoms with van der Waals surface area (Å²) < 4.78 is 6.79. The molecule has 1 aromatic heterocycles. The van der Waals surface area contributed by atoms with E-state index in [4.69, 9.17) is 4.74 Å². The molecule has 0 aliphatic heterocycles. The number of halogens is 1. The van der Waals surface area contributed by atoms with Crippen molar-refractivity contribution in [3.05, 3.63) is 50.1 Å². The molecule has 4 heteroatoms. The van der Waals surface area contributed by atoms with E-state index in [0.29, 0.717) is 0 Å². The van der Waals surface area contributed by atoms with Crippen molar-refractivity contribution in [2.75, 3.05) is 0 Å². The van der Waals surface area contributed by atoms with Crippen molar-refractivity contribution in [2.24, 2.45) is 0 Å². The fourth-order valence-electron chi connectivity index (χ4n) is 1.84. The van der Waals surface area contributed by atoms with Crippen LogP contribution in [0.1, 0.15) is 35.3 Å². The molecule has 0 fully saturated rings. The monoisotopic (exact) mass is 340 g/mol. The molecule has 0 bridgehead atoms. The number of aliphatic hydroxyl groups excluding tert-OH is 1. The predicted octanol–water partition coefficient (Wildman–Crippen LogP) is 4.69. The van der Waals surface area contributed by atoms with E-state index in [1.165, 1.54) is 0 Å². The van der Waals surface area contributed by atoms with Crippen molar-refractivity contribution in [1.82, 2.24) is 0 Å². The first-order valence-electron chi connectivity index (χ1n) is 6.18. The SMILES string of the molecule is Cc1sc(C(O)c2ccccc2OC(C)C)cc1Br. The second-order valence-electron chi connectivity index (χ2n) is 4.66. The molecule has 0 radical (unpaired) electrons. The van der Waals surface area contributed by atoms with Crippen LogP contribution in [0.2, 0.25) is 0 Å².